The molecule has 0 aliphatic heterocycles. The lowest BCUT2D eigenvalue weighted by molar-refractivity contribution is 0.114. The molecule has 0 aliphatic carbocycles. The molecule has 9 heteroatoms. The molecule has 1 unspecified atom stereocenters. The molecule has 0 amide bonds. The number of aliphatic imine (C=N–C) groups is 1. The van der Waals surface area contributed by atoms with Gasteiger partial charge in [0.2, 0.25) is 0 Å². The van der Waals surface area contributed by atoms with Gasteiger partial charge in [0.15, 0.2) is 5.96 Å². The Morgan fingerprint density at radius 1 is 1.27 bits per heavy atom. The van der Waals surface area contributed by atoms with Crippen LogP contribution >= 0.6 is 47.2 Å². The van der Waals surface area contributed by atoms with Crippen LogP contribution in [0.2, 0.25) is 10.0 Å². The Balaban J connectivity index is 0.00000338. The lowest BCUT2D eigenvalue weighted by Gasteiger charge is -2.13. The quantitative estimate of drug-likeness (QED) is 0.299. The summed E-state index contributed by atoms with van der Waals surface area (Å²) in [7, 11) is 1.58. The Morgan fingerprint density at radius 3 is 2.73 bits per heavy atom. The summed E-state index contributed by atoms with van der Waals surface area (Å²) in [6, 6.07) is 12.3. The van der Waals surface area contributed by atoms with E-state index in [1.807, 2.05) is 18.2 Å². The number of ether oxygens (including phenoxy) is 2. The number of hydrogen-bond donors (Lipinski definition) is 3. The van der Waals surface area contributed by atoms with Crippen LogP contribution in [0.1, 0.15) is 0 Å². The van der Waals surface area contributed by atoms with Gasteiger partial charge in [-0.25, -0.2) is 0 Å². The number of aliphatic hydroxyl groups is 1. The highest BCUT2D eigenvalue weighted by atomic mass is 127. The number of anilines is 1. The summed E-state index contributed by atoms with van der Waals surface area (Å²) in [6.45, 7) is 0.0803. The normalized spacial score (nSPS) is 12.1. The zero-order valence-electron chi connectivity index (χ0n) is 14.0. The standard InChI is InChI=1S/C17H19Cl2N3O3.HI/c1-24-13-5-2-4-11(8-13)22-17(20)21-9-12(23)10-25-15-7-3-6-14(18)16(15)19;/h2-8,12,23H,9-10H2,1H3,(H3,20,21,22);1H. The molecule has 6 nitrogen and oxygen atoms in total. The fourth-order valence-corrected chi connectivity index (χ4v) is 2.27. The van der Waals surface area contributed by atoms with E-state index in [-0.39, 0.29) is 43.1 Å². The molecule has 0 saturated carbocycles. The molecule has 0 bridgehead atoms. The molecule has 0 heterocycles. The number of methoxy groups -OCH3 is 1. The van der Waals surface area contributed by atoms with Gasteiger partial charge in [-0.15, -0.1) is 24.0 Å². The zero-order chi connectivity index (χ0) is 18.2. The van der Waals surface area contributed by atoms with E-state index in [9.17, 15) is 5.11 Å². The summed E-state index contributed by atoms with van der Waals surface area (Å²) in [4.78, 5) is 4.08. The van der Waals surface area contributed by atoms with E-state index in [4.69, 9.17) is 38.4 Å². The molecule has 2 aromatic carbocycles. The van der Waals surface area contributed by atoms with Crippen LogP contribution in [0.4, 0.5) is 5.69 Å². The predicted molar refractivity (Wildman–Crippen MR) is 116 cm³/mol. The van der Waals surface area contributed by atoms with Crippen molar-refractivity contribution >= 4 is 58.8 Å². The van der Waals surface area contributed by atoms with Gasteiger partial charge in [-0.2, -0.15) is 0 Å². The van der Waals surface area contributed by atoms with Crippen molar-refractivity contribution in [1.82, 2.24) is 0 Å². The minimum atomic E-state index is -0.847. The van der Waals surface area contributed by atoms with Crippen molar-refractivity contribution in [1.29, 1.82) is 0 Å². The minimum Gasteiger partial charge on any atom is -0.497 e. The molecule has 0 aliphatic rings. The van der Waals surface area contributed by atoms with Gasteiger partial charge in [0.1, 0.15) is 29.2 Å². The van der Waals surface area contributed by atoms with Gasteiger partial charge in [-0.05, 0) is 24.3 Å². The van der Waals surface area contributed by atoms with Gasteiger partial charge in [0, 0.05) is 11.8 Å². The third-order valence-electron chi connectivity index (χ3n) is 3.16. The first-order chi connectivity index (χ1) is 12.0. The Morgan fingerprint density at radius 2 is 2.00 bits per heavy atom. The van der Waals surface area contributed by atoms with Crippen molar-refractivity contribution in [2.75, 3.05) is 25.6 Å². The first kappa shape index (κ1) is 22.6. The summed E-state index contributed by atoms with van der Waals surface area (Å²) in [5.74, 6) is 1.28. The van der Waals surface area contributed by atoms with Gasteiger partial charge in [0.05, 0.1) is 18.7 Å². The van der Waals surface area contributed by atoms with Crippen molar-refractivity contribution in [2.24, 2.45) is 10.7 Å². The molecule has 4 N–H and O–H groups in total. The van der Waals surface area contributed by atoms with Crippen molar-refractivity contribution in [2.45, 2.75) is 6.10 Å². The van der Waals surface area contributed by atoms with Crippen molar-refractivity contribution in [3.8, 4) is 11.5 Å². The van der Waals surface area contributed by atoms with E-state index < -0.39 is 6.10 Å². The average molecular weight is 512 g/mol. The number of halogens is 3. The van der Waals surface area contributed by atoms with Crippen LogP contribution in [0.25, 0.3) is 0 Å². The zero-order valence-corrected chi connectivity index (χ0v) is 17.8. The fourth-order valence-electron chi connectivity index (χ4n) is 1.93. The smallest absolute Gasteiger partial charge is 0.193 e. The Kier molecular flexibility index (Phi) is 9.85. The Bertz CT molecular complexity index is 747. The van der Waals surface area contributed by atoms with Crippen LogP contribution in [-0.2, 0) is 0 Å². The number of guanidine groups is 1. The highest BCUT2D eigenvalue weighted by Gasteiger charge is 2.09. The van der Waals surface area contributed by atoms with E-state index in [0.717, 1.165) is 5.69 Å². The van der Waals surface area contributed by atoms with Crippen molar-refractivity contribution in [3.05, 3.63) is 52.5 Å². The third-order valence-corrected chi connectivity index (χ3v) is 3.96. The van der Waals surface area contributed by atoms with Crippen LogP contribution in [0.3, 0.4) is 0 Å². The van der Waals surface area contributed by atoms with E-state index in [0.29, 0.717) is 21.5 Å². The van der Waals surface area contributed by atoms with Crippen LogP contribution in [0, 0.1) is 0 Å². The number of rotatable bonds is 7. The first-order valence-corrected chi connectivity index (χ1v) is 8.21. The maximum Gasteiger partial charge on any atom is 0.193 e. The predicted octanol–water partition coefficient (Wildman–Crippen LogP) is 3.79. The third kappa shape index (κ3) is 7.06. The number of benzene rings is 2. The highest BCUT2D eigenvalue weighted by Crippen LogP contribution is 2.31. The van der Waals surface area contributed by atoms with Gasteiger partial charge < -0.3 is 25.6 Å². The largest absolute Gasteiger partial charge is 0.497 e. The SMILES string of the molecule is COc1cccc(NC(N)=NCC(O)COc2cccc(Cl)c2Cl)c1.I. The molecular formula is C17H20Cl2IN3O3. The second-order valence-electron chi connectivity index (χ2n) is 5.10. The molecule has 26 heavy (non-hydrogen) atoms. The second kappa shape index (κ2) is 11.3. The van der Waals surface area contributed by atoms with E-state index >= 15 is 0 Å². The monoisotopic (exact) mass is 511 g/mol. The van der Waals surface area contributed by atoms with Gasteiger partial charge >= 0.3 is 0 Å². The van der Waals surface area contributed by atoms with Gasteiger partial charge in [-0.1, -0.05) is 35.3 Å². The summed E-state index contributed by atoms with van der Waals surface area (Å²) < 4.78 is 10.6. The average Bonchev–Trinajstić information content (AvgIpc) is 2.61. The van der Waals surface area contributed by atoms with E-state index in [1.54, 1.807) is 31.4 Å². The van der Waals surface area contributed by atoms with Crippen LogP contribution in [0.15, 0.2) is 47.5 Å². The molecule has 0 spiro atoms. The van der Waals surface area contributed by atoms with E-state index in [1.165, 1.54) is 0 Å². The van der Waals surface area contributed by atoms with Crippen molar-refractivity contribution < 1.29 is 14.6 Å². The summed E-state index contributed by atoms with van der Waals surface area (Å²) in [6.07, 6.45) is -0.847. The molecule has 0 saturated heterocycles. The maximum absolute atomic E-state index is 9.96. The molecule has 0 radical (unpaired) electrons. The topological polar surface area (TPSA) is 89.1 Å². The van der Waals surface area contributed by atoms with Gasteiger partial charge in [0.25, 0.3) is 0 Å². The molecular weight excluding hydrogens is 492 g/mol. The first-order valence-electron chi connectivity index (χ1n) is 7.45. The Labute approximate surface area is 179 Å². The molecule has 0 aromatic heterocycles. The summed E-state index contributed by atoms with van der Waals surface area (Å²) >= 11 is 11.9. The molecule has 0 fully saturated rings. The molecule has 2 rings (SSSR count). The molecule has 2 aromatic rings. The van der Waals surface area contributed by atoms with Crippen LogP contribution in [0.5, 0.6) is 11.5 Å². The van der Waals surface area contributed by atoms with E-state index in [2.05, 4.69) is 10.3 Å². The lowest BCUT2D eigenvalue weighted by Crippen LogP contribution is -2.27. The second-order valence-corrected chi connectivity index (χ2v) is 5.88. The number of hydrogen-bond acceptors (Lipinski definition) is 4. The fraction of sp³-hybridized carbons (Fsp3) is 0.235. The molecule has 1 atom stereocenters. The van der Waals surface area contributed by atoms with Crippen LogP contribution < -0.4 is 20.5 Å². The number of nitrogens with zero attached hydrogens (tertiary/aromatic N) is 1. The lowest BCUT2D eigenvalue weighted by atomic mass is 10.3. The number of aliphatic hydroxyl groups excluding tert-OH is 1. The van der Waals surface area contributed by atoms with Crippen LogP contribution in [-0.4, -0.2) is 37.4 Å². The minimum absolute atomic E-state index is 0. The van der Waals surface area contributed by atoms with Crippen molar-refractivity contribution in [3.63, 3.8) is 0 Å². The number of nitrogens with one attached hydrogen (secondary N) is 1. The maximum atomic E-state index is 9.96. The van der Waals surface area contributed by atoms with Gasteiger partial charge in [-0.3, -0.25) is 4.99 Å². The summed E-state index contributed by atoms with van der Waals surface area (Å²) in [5.41, 5.74) is 6.54. The highest BCUT2D eigenvalue weighted by molar-refractivity contribution is 14.0. The number of nitrogens with two attached hydrogens (primary N) is 1. The molecule has 142 valence electrons. The summed E-state index contributed by atoms with van der Waals surface area (Å²) in [5, 5.41) is 13.6. The Hall–Kier alpha value is -1.42.